The Labute approximate surface area is 158 Å². The van der Waals surface area contributed by atoms with Crippen molar-refractivity contribution < 1.29 is 24.1 Å². The number of hydrogen-bond acceptors (Lipinski definition) is 5. The lowest BCUT2D eigenvalue weighted by molar-refractivity contribution is -0.243. The Morgan fingerprint density at radius 1 is 1.11 bits per heavy atom. The fourth-order valence-corrected chi connectivity index (χ4v) is 3.54. The van der Waals surface area contributed by atoms with Crippen LogP contribution in [0.25, 0.3) is 0 Å². The number of amides is 1. The molecule has 142 valence electrons. The minimum absolute atomic E-state index is 0.190. The first kappa shape index (κ1) is 18.0. The van der Waals surface area contributed by atoms with Gasteiger partial charge in [-0.15, -0.1) is 0 Å². The molecule has 0 spiro atoms. The summed E-state index contributed by atoms with van der Waals surface area (Å²) in [6, 6.07) is 19.0. The fourth-order valence-electron chi connectivity index (χ4n) is 3.54. The number of nitrogens with zero attached hydrogens (tertiary/aromatic N) is 1. The highest BCUT2D eigenvalue weighted by atomic mass is 16.6. The zero-order valence-electron chi connectivity index (χ0n) is 14.9. The van der Waals surface area contributed by atoms with Crippen LogP contribution in [-0.2, 0) is 20.8 Å². The zero-order chi connectivity index (χ0) is 18.6. The molecule has 2 fully saturated rings. The van der Waals surface area contributed by atoms with Gasteiger partial charge in [0.15, 0.2) is 6.23 Å². The van der Waals surface area contributed by atoms with E-state index in [1.807, 2.05) is 60.7 Å². The molecule has 0 aliphatic carbocycles. The molecule has 4 rings (SSSR count). The van der Waals surface area contributed by atoms with Gasteiger partial charge in [-0.1, -0.05) is 60.7 Å². The molecule has 2 heterocycles. The van der Waals surface area contributed by atoms with Crippen LogP contribution in [0.15, 0.2) is 60.7 Å². The van der Waals surface area contributed by atoms with Gasteiger partial charge in [-0.2, -0.15) is 0 Å². The van der Waals surface area contributed by atoms with E-state index in [4.69, 9.17) is 14.2 Å². The van der Waals surface area contributed by atoms with Crippen molar-refractivity contribution in [2.24, 2.45) is 0 Å². The number of hydrogen-bond donors (Lipinski definition) is 1. The van der Waals surface area contributed by atoms with Gasteiger partial charge in [-0.05, 0) is 12.0 Å². The van der Waals surface area contributed by atoms with E-state index in [-0.39, 0.29) is 12.7 Å². The molecule has 0 radical (unpaired) electrons. The van der Waals surface area contributed by atoms with Crippen LogP contribution in [0.3, 0.4) is 0 Å². The SMILES string of the molecule is O=C(OCc1ccccc1)N1C[C@@H]2OCC[C@@H](O)[C@@H]2OC1c1ccccc1. The van der Waals surface area contributed by atoms with Crippen LogP contribution < -0.4 is 0 Å². The molecule has 1 N–H and O–H groups in total. The summed E-state index contributed by atoms with van der Waals surface area (Å²) in [4.78, 5) is 14.4. The number of fused-ring (bicyclic) bond motifs is 1. The highest BCUT2D eigenvalue weighted by molar-refractivity contribution is 5.68. The van der Waals surface area contributed by atoms with E-state index < -0.39 is 24.5 Å². The van der Waals surface area contributed by atoms with Gasteiger partial charge in [0.05, 0.1) is 12.6 Å². The van der Waals surface area contributed by atoms with Gasteiger partial charge >= 0.3 is 6.09 Å². The molecule has 0 aromatic heterocycles. The summed E-state index contributed by atoms with van der Waals surface area (Å²) < 4.78 is 17.4. The number of ether oxygens (including phenoxy) is 3. The average Bonchev–Trinajstić information content (AvgIpc) is 2.73. The van der Waals surface area contributed by atoms with Crippen molar-refractivity contribution in [2.45, 2.75) is 37.6 Å². The number of carbonyl (C=O) groups is 1. The van der Waals surface area contributed by atoms with Crippen LogP contribution in [-0.4, -0.2) is 47.6 Å². The second-order valence-electron chi connectivity index (χ2n) is 6.82. The van der Waals surface area contributed by atoms with E-state index in [0.717, 1.165) is 11.1 Å². The lowest BCUT2D eigenvalue weighted by Crippen LogP contribution is -2.59. The topological polar surface area (TPSA) is 68.2 Å². The van der Waals surface area contributed by atoms with Crippen LogP contribution in [0.2, 0.25) is 0 Å². The zero-order valence-corrected chi connectivity index (χ0v) is 14.9. The molecule has 2 aliphatic heterocycles. The normalized spacial score (nSPS) is 27.7. The van der Waals surface area contributed by atoms with Gasteiger partial charge in [0, 0.05) is 12.2 Å². The van der Waals surface area contributed by atoms with Crippen molar-refractivity contribution in [3.05, 3.63) is 71.8 Å². The summed E-state index contributed by atoms with van der Waals surface area (Å²) in [5, 5.41) is 10.3. The van der Waals surface area contributed by atoms with Crippen molar-refractivity contribution >= 4 is 6.09 Å². The predicted octanol–water partition coefficient (Wildman–Crippen LogP) is 2.87. The summed E-state index contributed by atoms with van der Waals surface area (Å²) in [5.41, 5.74) is 1.76. The molecule has 0 saturated carbocycles. The van der Waals surface area contributed by atoms with Crippen LogP contribution in [0, 0.1) is 0 Å². The maximum absolute atomic E-state index is 12.8. The third kappa shape index (κ3) is 3.98. The van der Waals surface area contributed by atoms with Crippen LogP contribution >= 0.6 is 0 Å². The van der Waals surface area contributed by atoms with Crippen molar-refractivity contribution in [3.8, 4) is 0 Å². The Kier molecular flexibility index (Phi) is 5.38. The van der Waals surface area contributed by atoms with E-state index in [2.05, 4.69) is 0 Å². The third-order valence-electron chi connectivity index (χ3n) is 4.96. The summed E-state index contributed by atoms with van der Waals surface area (Å²) in [5.74, 6) is 0. The lowest BCUT2D eigenvalue weighted by atomic mass is 9.99. The van der Waals surface area contributed by atoms with E-state index >= 15 is 0 Å². The first-order valence-corrected chi connectivity index (χ1v) is 9.20. The van der Waals surface area contributed by atoms with Crippen LogP contribution in [0.5, 0.6) is 0 Å². The van der Waals surface area contributed by atoms with E-state index in [9.17, 15) is 9.90 Å². The first-order chi connectivity index (χ1) is 13.2. The summed E-state index contributed by atoms with van der Waals surface area (Å²) in [7, 11) is 0. The number of benzene rings is 2. The Bertz CT molecular complexity index is 754. The molecular weight excluding hydrogens is 346 g/mol. The van der Waals surface area contributed by atoms with Gasteiger partial charge < -0.3 is 19.3 Å². The van der Waals surface area contributed by atoms with Crippen molar-refractivity contribution in [1.29, 1.82) is 0 Å². The molecule has 6 heteroatoms. The maximum atomic E-state index is 12.8. The van der Waals surface area contributed by atoms with E-state index in [0.29, 0.717) is 19.6 Å². The molecular formula is C21H23NO5. The molecule has 4 atom stereocenters. The van der Waals surface area contributed by atoms with E-state index in [1.54, 1.807) is 0 Å². The molecule has 2 saturated heterocycles. The van der Waals surface area contributed by atoms with Crippen LogP contribution in [0.4, 0.5) is 4.79 Å². The van der Waals surface area contributed by atoms with Crippen LogP contribution in [0.1, 0.15) is 23.8 Å². The Morgan fingerprint density at radius 3 is 2.56 bits per heavy atom. The molecule has 0 bridgehead atoms. The van der Waals surface area contributed by atoms with Crippen molar-refractivity contribution in [1.82, 2.24) is 4.90 Å². The van der Waals surface area contributed by atoms with Gasteiger partial charge in [0.25, 0.3) is 0 Å². The standard InChI is InChI=1S/C21H23NO5/c23-17-11-12-25-18-13-22(21(24)26-14-15-7-3-1-4-8-15)20(27-19(17)18)16-9-5-2-6-10-16/h1-10,17-20,23H,11-14H2/t17-,18+,19+,20?/m1/s1. The quantitative estimate of drug-likeness (QED) is 0.901. The Balaban J connectivity index is 1.53. The second-order valence-corrected chi connectivity index (χ2v) is 6.82. The highest BCUT2D eigenvalue weighted by Crippen LogP contribution is 2.34. The van der Waals surface area contributed by atoms with Gasteiger partial charge in [0.2, 0.25) is 0 Å². The third-order valence-corrected chi connectivity index (χ3v) is 4.96. The number of carbonyl (C=O) groups excluding carboxylic acids is 1. The summed E-state index contributed by atoms with van der Waals surface area (Å²) in [6.07, 6.45) is -1.97. The Hall–Kier alpha value is -2.41. The smallest absolute Gasteiger partial charge is 0.412 e. The Morgan fingerprint density at radius 2 is 1.81 bits per heavy atom. The first-order valence-electron chi connectivity index (χ1n) is 9.20. The lowest BCUT2D eigenvalue weighted by Gasteiger charge is -2.46. The minimum Gasteiger partial charge on any atom is -0.444 e. The molecule has 6 nitrogen and oxygen atoms in total. The second kappa shape index (κ2) is 8.08. The fraction of sp³-hybridized carbons (Fsp3) is 0.381. The summed E-state index contributed by atoms with van der Waals surface area (Å²) in [6.45, 7) is 0.957. The van der Waals surface area contributed by atoms with Gasteiger partial charge in [-0.25, -0.2) is 4.79 Å². The number of aliphatic hydroxyl groups excluding tert-OH is 1. The van der Waals surface area contributed by atoms with Gasteiger partial charge in [0.1, 0.15) is 18.8 Å². The summed E-state index contributed by atoms with van der Waals surface area (Å²) >= 11 is 0. The van der Waals surface area contributed by atoms with Crippen molar-refractivity contribution in [2.75, 3.05) is 13.2 Å². The average molecular weight is 369 g/mol. The molecule has 2 aromatic rings. The molecule has 2 aromatic carbocycles. The number of aliphatic hydroxyl groups is 1. The van der Waals surface area contributed by atoms with Crippen molar-refractivity contribution in [3.63, 3.8) is 0 Å². The predicted molar refractivity (Wildman–Crippen MR) is 97.8 cm³/mol. The number of rotatable bonds is 3. The molecule has 27 heavy (non-hydrogen) atoms. The van der Waals surface area contributed by atoms with Gasteiger partial charge in [-0.3, -0.25) is 4.90 Å². The minimum atomic E-state index is -0.618. The van der Waals surface area contributed by atoms with E-state index in [1.165, 1.54) is 4.90 Å². The molecule has 1 amide bonds. The molecule has 1 unspecified atom stereocenters. The highest BCUT2D eigenvalue weighted by Gasteiger charge is 2.45. The molecule has 2 aliphatic rings. The largest absolute Gasteiger partial charge is 0.444 e. The maximum Gasteiger partial charge on any atom is 0.412 e. The monoisotopic (exact) mass is 369 g/mol.